The van der Waals surface area contributed by atoms with Crippen molar-refractivity contribution in [1.29, 1.82) is 5.26 Å². The molecule has 1 aromatic rings. The van der Waals surface area contributed by atoms with Crippen LogP contribution in [0.25, 0.3) is 0 Å². The van der Waals surface area contributed by atoms with Gasteiger partial charge in [-0.15, -0.1) is 0 Å². The van der Waals surface area contributed by atoms with Crippen LogP contribution >= 0.6 is 0 Å². The summed E-state index contributed by atoms with van der Waals surface area (Å²) in [7, 11) is 0. The van der Waals surface area contributed by atoms with E-state index in [1.165, 1.54) is 10.9 Å². The van der Waals surface area contributed by atoms with E-state index in [1.807, 2.05) is 6.07 Å². The second-order valence-corrected chi connectivity index (χ2v) is 3.65. The molecule has 0 aromatic carbocycles. The van der Waals surface area contributed by atoms with Crippen molar-refractivity contribution in [2.24, 2.45) is 5.92 Å². The predicted molar refractivity (Wildman–Crippen MR) is 54.7 cm³/mol. The standard InChI is InChI=1S/C10H10N4O2/c1-2-7-9(16)14-8(3-4-12-14)13-10(7,5-11)6-15/h3-4,6-7,13H,2H2,1H3. The molecule has 0 saturated carbocycles. The molecule has 6 nitrogen and oxygen atoms in total. The summed E-state index contributed by atoms with van der Waals surface area (Å²) in [6, 6.07) is 3.44. The van der Waals surface area contributed by atoms with Crippen LogP contribution in [0.4, 0.5) is 5.82 Å². The number of nitrogens with one attached hydrogen (secondary N) is 1. The largest absolute Gasteiger partial charge is 0.345 e. The summed E-state index contributed by atoms with van der Waals surface area (Å²) in [5.74, 6) is -0.652. The number of fused-ring (bicyclic) bond motifs is 1. The number of carbonyl (C=O) groups is 2. The van der Waals surface area contributed by atoms with Crippen molar-refractivity contribution in [3.05, 3.63) is 12.3 Å². The van der Waals surface area contributed by atoms with Gasteiger partial charge in [-0.1, -0.05) is 6.92 Å². The van der Waals surface area contributed by atoms with Crippen LogP contribution in [0, 0.1) is 17.2 Å². The van der Waals surface area contributed by atoms with Gasteiger partial charge in [0, 0.05) is 6.07 Å². The average molecular weight is 218 g/mol. The molecule has 2 unspecified atom stereocenters. The van der Waals surface area contributed by atoms with Gasteiger partial charge in [-0.3, -0.25) is 9.59 Å². The molecule has 2 heterocycles. The fourth-order valence-corrected chi connectivity index (χ4v) is 1.96. The van der Waals surface area contributed by atoms with E-state index in [0.717, 1.165) is 0 Å². The summed E-state index contributed by atoms with van der Waals surface area (Å²) < 4.78 is 1.19. The Balaban J connectivity index is 2.57. The number of aldehydes is 1. The lowest BCUT2D eigenvalue weighted by atomic mass is 9.82. The van der Waals surface area contributed by atoms with E-state index in [9.17, 15) is 9.59 Å². The SMILES string of the molecule is CCC1C(=O)n2nccc2NC1(C#N)C=O. The van der Waals surface area contributed by atoms with Crippen molar-refractivity contribution >= 4 is 18.0 Å². The van der Waals surface area contributed by atoms with Crippen molar-refractivity contribution in [3.63, 3.8) is 0 Å². The minimum Gasteiger partial charge on any atom is -0.345 e. The molecule has 82 valence electrons. The van der Waals surface area contributed by atoms with Crippen LogP contribution in [0.15, 0.2) is 12.3 Å². The summed E-state index contributed by atoms with van der Waals surface area (Å²) in [5.41, 5.74) is -1.47. The summed E-state index contributed by atoms with van der Waals surface area (Å²) in [5, 5.41) is 15.7. The Bertz CT molecular complexity index is 487. The van der Waals surface area contributed by atoms with E-state index in [4.69, 9.17) is 5.26 Å². The first-order chi connectivity index (χ1) is 7.68. The molecule has 2 atom stereocenters. The molecule has 0 bridgehead atoms. The third-order valence-electron chi connectivity index (χ3n) is 2.81. The molecule has 6 heteroatoms. The van der Waals surface area contributed by atoms with Gasteiger partial charge in [0.1, 0.15) is 5.82 Å². The van der Waals surface area contributed by atoms with Crippen molar-refractivity contribution in [2.45, 2.75) is 18.9 Å². The number of nitrogens with zero attached hydrogens (tertiary/aromatic N) is 3. The number of nitriles is 1. The van der Waals surface area contributed by atoms with Crippen LogP contribution in [-0.2, 0) is 4.79 Å². The molecule has 0 radical (unpaired) electrons. The maximum Gasteiger partial charge on any atom is 0.255 e. The van der Waals surface area contributed by atoms with E-state index in [-0.39, 0.29) is 5.91 Å². The van der Waals surface area contributed by atoms with Gasteiger partial charge in [0.25, 0.3) is 5.91 Å². The molecule has 0 spiro atoms. The Morgan fingerprint density at radius 2 is 2.56 bits per heavy atom. The molecule has 0 fully saturated rings. The summed E-state index contributed by atoms with van der Waals surface area (Å²) >= 11 is 0. The topological polar surface area (TPSA) is 87.8 Å². The number of anilines is 1. The van der Waals surface area contributed by atoms with Gasteiger partial charge >= 0.3 is 0 Å². The van der Waals surface area contributed by atoms with E-state index in [1.54, 1.807) is 13.0 Å². The van der Waals surface area contributed by atoms with Gasteiger partial charge < -0.3 is 5.32 Å². The zero-order valence-corrected chi connectivity index (χ0v) is 8.67. The highest BCUT2D eigenvalue weighted by Gasteiger charge is 2.47. The number of hydrogen-bond donors (Lipinski definition) is 1. The lowest BCUT2D eigenvalue weighted by Crippen LogP contribution is -2.54. The molecule has 1 aromatic heterocycles. The summed E-state index contributed by atoms with van der Waals surface area (Å²) in [6.07, 6.45) is 2.35. The van der Waals surface area contributed by atoms with E-state index in [2.05, 4.69) is 10.4 Å². The molecule has 0 aliphatic carbocycles. The molecule has 2 rings (SSSR count). The van der Waals surface area contributed by atoms with Crippen molar-refractivity contribution < 1.29 is 9.59 Å². The van der Waals surface area contributed by atoms with Crippen molar-refractivity contribution in [3.8, 4) is 6.07 Å². The Hall–Kier alpha value is -2.16. The number of hydrogen-bond acceptors (Lipinski definition) is 5. The van der Waals surface area contributed by atoms with Crippen molar-refractivity contribution in [1.82, 2.24) is 9.78 Å². The van der Waals surface area contributed by atoms with E-state index < -0.39 is 11.5 Å². The van der Waals surface area contributed by atoms with Gasteiger partial charge in [-0.25, -0.2) is 0 Å². The molecular formula is C10H10N4O2. The first kappa shape index (κ1) is 10.4. The van der Waals surface area contributed by atoms with Gasteiger partial charge in [-0.05, 0) is 6.42 Å². The second kappa shape index (κ2) is 3.45. The lowest BCUT2D eigenvalue weighted by molar-refractivity contribution is -0.111. The van der Waals surface area contributed by atoms with Gasteiger partial charge in [0.05, 0.1) is 18.2 Å². The highest BCUT2D eigenvalue weighted by molar-refractivity contribution is 5.95. The Morgan fingerprint density at radius 3 is 3.12 bits per heavy atom. The van der Waals surface area contributed by atoms with E-state index >= 15 is 0 Å². The minimum absolute atomic E-state index is 0.324. The second-order valence-electron chi connectivity index (χ2n) is 3.65. The highest BCUT2D eigenvalue weighted by atomic mass is 16.2. The van der Waals surface area contributed by atoms with Gasteiger partial charge in [0.15, 0.2) is 11.8 Å². The zero-order valence-electron chi connectivity index (χ0n) is 8.67. The first-order valence-electron chi connectivity index (χ1n) is 4.92. The van der Waals surface area contributed by atoms with Crippen LogP contribution in [0.1, 0.15) is 18.1 Å². The molecule has 0 saturated heterocycles. The molecule has 1 aliphatic rings. The maximum atomic E-state index is 12.0. The van der Waals surface area contributed by atoms with Crippen LogP contribution in [-0.4, -0.2) is 27.5 Å². The van der Waals surface area contributed by atoms with Crippen LogP contribution in [0.3, 0.4) is 0 Å². The smallest absolute Gasteiger partial charge is 0.255 e. The fourth-order valence-electron chi connectivity index (χ4n) is 1.96. The Morgan fingerprint density at radius 1 is 1.81 bits per heavy atom. The average Bonchev–Trinajstić information content (AvgIpc) is 2.76. The normalized spacial score (nSPS) is 27.8. The summed E-state index contributed by atoms with van der Waals surface area (Å²) in [6.45, 7) is 1.76. The molecule has 0 amide bonds. The minimum atomic E-state index is -1.47. The van der Waals surface area contributed by atoms with Crippen molar-refractivity contribution in [2.75, 3.05) is 5.32 Å². The summed E-state index contributed by atoms with van der Waals surface area (Å²) in [4.78, 5) is 23.1. The number of carbonyl (C=O) groups excluding carboxylic acids is 2. The van der Waals surface area contributed by atoms with Gasteiger partial charge in [0.2, 0.25) is 0 Å². The monoisotopic (exact) mass is 218 g/mol. The molecular weight excluding hydrogens is 208 g/mol. The molecule has 1 N–H and O–H groups in total. The van der Waals surface area contributed by atoms with E-state index in [0.29, 0.717) is 18.5 Å². The maximum absolute atomic E-state index is 12.0. The first-order valence-corrected chi connectivity index (χ1v) is 4.92. The van der Waals surface area contributed by atoms with Gasteiger partial charge in [-0.2, -0.15) is 15.0 Å². The highest BCUT2D eigenvalue weighted by Crippen LogP contribution is 2.30. The predicted octanol–water partition coefficient (Wildman–Crippen LogP) is 0.436. The van der Waals surface area contributed by atoms with Crippen LogP contribution < -0.4 is 5.32 Å². The third kappa shape index (κ3) is 1.15. The number of aromatic nitrogens is 2. The lowest BCUT2D eigenvalue weighted by Gasteiger charge is -2.34. The third-order valence-corrected chi connectivity index (χ3v) is 2.81. The van der Waals surface area contributed by atoms with Crippen LogP contribution in [0.5, 0.6) is 0 Å². The number of rotatable bonds is 2. The quantitative estimate of drug-likeness (QED) is 0.727. The Kier molecular flexibility index (Phi) is 2.23. The zero-order chi connectivity index (χ0) is 11.8. The molecule has 16 heavy (non-hydrogen) atoms. The fraction of sp³-hybridized carbons (Fsp3) is 0.400. The molecule has 1 aliphatic heterocycles. The van der Waals surface area contributed by atoms with Crippen LogP contribution in [0.2, 0.25) is 0 Å². The Labute approximate surface area is 91.9 Å².